The van der Waals surface area contributed by atoms with E-state index in [0.717, 1.165) is 16.7 Å². The van der Waals surface area contributed by atoms with Crippen molar-refractivity contribution in [3.05, 3.63) is 40.4 Å². The first-order valence-electron chi connectivity index (χ1n) is 4.47. The summed E-state index contributed by atoms with van der Waals surface area (Å²) in [4.78, 5) is 0. The van der Waals surface area contributed by atoms with E-state index in [1.807, 2.05) is 30.8 Å². The molecule has 0 fully saturated rings. The summed E-state index contributed by atoms with van der Waals surface area (Å²) in [6, 6.07) is 4.05. The van der Waals surface area contributed by atoms with Crippen LogP contribution in [-0.2, 0) is 13.6 Å². The Hall–Kier alpha value is -1.03. The molecule has 3 nitrogen and oxygen atoms in total. The van der Waals surface area contributed by atoms with Gasteiger partial charge in [-0.15, -0.1) is 0 Å². The molecule has 0 unspecified atom stereocenters. The summed E-state index contributed by atoms with van der Waals surface area (Å²) in [6.45, 7) is 2.86. The highest BCUT2D eigenvalue weighted by Gasteiger charge is 2.09. The van der Waals surface area contributed by atoms with Crippen LogP contribution in [0.5, 0.6) is 0 Å². The molecule has 0 saturated heterocycles. The lowest BCUT2D eigenvalue weighted by molar-refractivity contribution is 0.663. The van der Waals surface area contributed by atoms with Gasteiger partial charge in [0.1, 0.15) is 0 Å². The highest BCUT2D eigenvalue weighted by molar-refractivity contribution is 9.10. The van der Waals surface area contributed by atoms with Crippen molar-refractivity contribution in [2.24, 2.45) is 7.05 Å². The first-order chi connectivity index (χ1) is 6.68. The Morgan fingerprint density at radius 2 is 2.00 bits per heavy atom. The summed E-state index contributed by atoms with van der Waals surface area (Å²) in [5.41, 5.74) is 2.23. The van der Waals surface area contributed by atoms with E-state index in [-0.39, 0.29) is 0 Å². The van der Waals surface area contributed by atoms with Gasteiger partial charge in [0.05, 0.1) is 22.4 Å². The lowest BCUT2D eigenvalue weighted by atomic mass is 10.3. The average Bonchev–Trinajstić information content (AvgIpc) is 2.71. The average molecular weight is 254 g/mol. The van der Waals surface area contributed by atoms with Crippen LogP contribution in [0.25, 0.3) is 0 Å². The van der Waals surface area contributed by atoms with E-state index in [1.165, 1.54) is 5.69 Å². The molecular formula is C10H12BrN3. The topological polar surface area (TPSA) is 22.8 Å². The number of halogens is 1. The molecule has 0 saturated carbocycles. The Morgan fingerprint density at radius 3 is 2.50 bits per heavy atom. The fourth-order valence-electron chi connectivity index (χ4n) is 1.50. The summed E-state index contributed by atoms with van der Waals surface area (Å²) < 4.78 is 5.15. The van der Waals surface area contributed by atoms with Crippen molar-refractivity contribution in [2.45, 2.75) is 13.5 Å². The van der Waals surface area contributed by atoms with E-state index >= 15 is 0 Å². The molecule has 0 aliphatic heterocycles. The third-order valence-electron chi connectivity index (χ3n) is 2.26. The van der Waals surface area contributed by atoms with Gasteiger partial charge in [-0.3, -0.25) is 4.68 Å². The summed E-state index contributed by atoms with van der Waals surface area (Å²) >= 11 is 3.55. The number of aromatic nitrogens is 3. The van der Waals surface area contributed by atoms with E-state index in [1.54, 1.807) is 0 Å². The molecule has 14 heavy (non-hydrogen) atoms. The molecule has 0 N–H and O–H groups in total. The van der Waals surface area contributed by atoms with Crippen LogP contribution >= 0.6 is 15.9 Å². The van der Waals surface area contributed by atoms with Crippen LogP contribution in [0.3, 0.4) is 0 Å². The zero-order valence-corrected chi connectivity index (χ0v) is 9.82. The molecule has 2 rings (SSSR count). The second kappa shape index (κ2) is 3.61. The van der Waals surface area contributed by atoms with Gasteiger partial charge in [0, 0.05) is 19.4 Å². The number of hydrogen-bond donors (Lipinski definition) is 0. The molecular weight excluding hydrogens is 242 g/mol. The smallest absolute Gasteiger partial charge is 0.0739 e. The third kappa shape index (κ3) is 1.62. The van der Waals surface area contributed by atoms with Gasteiger partial charge in [-0.25, -0.2) is 0 Å². The largest absolute Gasteiger partial charge is 0.348 e. The standard InChI is InChI=1S/C10H12BrN3/c1-8-10(11)9(13(2)12-8)7-14-5-3-4-6-14/h3-6H,7H2,1-2H3. The van der Waals surface area contributed by atoms with Crippen molar-refractivity contribution in [3.8, 4) is 0 Å². The first-order valence-corrected chi connectivity index (χ1v) is 5.26. The lowest BCUT2D eigenvalue weighted by Gasteiger charge is -2.04. The van der Waals surface area contributed by atoms with Crippen LogP contribution in [0, 0.1) is 6.92 Å². The summed E-state index contributed by atoms with van der Waals surface area (Å²) in [6.07, 6.45) is 4.10. The van der Waals surface area contributed by atoms with Crippen LogP contribution in [0.1, 0.15) is 11.4 Å². The van der Waals surface area contributed by atoms with E-state index in [2.05, 4.69) is 38.0 Å². The molecule has 0 spiro atoms. The first kappa shape index (κ1) is 9.52. The van der Waals surface area contributed by atoms with Crippen LogP contribution in [0.2, 0.25) is 0 Å². The Morgan fingerprint density at radius 1 is 1.36 bits per heavy atom. The number of aryl methyl sites for hydroxylation is 2. The zero-order chi connectivity index (χ0) is 10.1. The summed E-state index contributed by atoms with van der Waals surface area (Å²) in [5.74, 6) is 0. The van der Waals surface area contributed by atoms with E-state index in [0.29, 0.717) is 0 Å². The fraction of sp³-hybridized carbons (Fsp3) is 0.300. The molecule has 0 bridgehead atoms. The number of nitrogens with zero attached hydrogens (tertiary/aromatic N) is 3. The van der Waals surface area contributed by atoms with Gasteiger partial charge in [-0.1, -0.05) is 0 Å². The van der Waals surface area contributed by atoms with Crippen molar-refractivity contribution in [1.82, 2.24) is 14.3 Å². The molecule has 4 heteroatoms. The van der Waals surface area contributed by atoms with E-state index in [9.17, 15) is 0 Å². The van der Waals surface area contributed by atoms with Crippen molar-refractivity contribution in [3.63, 3.8) is 0 Å². The number of rotatable bonds is 2. The minimum Gasteiger partial charge on any atom is -0.348 e. The predicted molar refractivity (Wildman–Crippen MR) is 59.2 cm³/mol. The van der Waals surface area contributed by atoms with Crippen LogP contribution in [-0.4, -0.2) is 14.3 Å². The monoisotopic (exact) mass is 253 g/mol. The Balaban J connectivity index is 2.33. The van der Waals surface area contributed by atoms with Gasteiger partial charge >= 0.3 is 0 Å². The molecule has 0 aliphatic carbocycles. The highest BCUT2D eigenvalue weighted by Crippen LogP contribution is 2.20. The van der Waals surface area contributed by atoms with Crippen molar-refractivity contribution < 1.29 is 0 Å². The normalized spacial score (nSPS) is 10.8. The summed E-state index contributed by atoms with van der Waals surface area (Å²) in [5, 5.41) is 4.35. The Bertz CT molecular complexity index is 428. The SMILES string of the molecule is Cc1nn(C)c(Cn2cccc2)c1Br. The van der Waals surface area contributed by atoms with E-state index in [4.69, 9.17) is 0 Å². The zero-order valence-electron chi connectivity index (χ0n) is 8.24. The van der Waals surface area contributed by atoms with Crippen LogP contribution < -0.4 is 0 Å². The Kier molecular flexibility index (Phi) is 2.46. The molecule has 2 aromatic rings. The van der Waals surface area contributed by atoms with Gasteiger partial charge in [-0.05, 0) is 35.0 Å². The third-order valence-corrected chi connectivity index (χ3v) is 3.29. The number of hydrogen-bond acceptors (Lipinski definition) is 1. The van der Waals surface area contributed by atoms with Gasteiger partial charge in [0.15, 0.2) is 0 Å². The maximum absolute atomic E-state index is 4.35. The van der Waals surface area contributed by atoms with Gasteiger partial charge in [-0.2, -0.15) is 5.10 Å². The molecule has 0 atom stereocenters. The second-order valence-corrected chi connectivity index (χ2v) is 4.12. The molecule has 0 amide bonds. The minimum absolute atomic E-state index is 0.852. The molecule has 2 aromatic heterocycles. The second-order valence-electron chi connectivity index (χ2n) is 3.33. The van der Waals surface area contributed by atoms with E-state index < -0.39 is 0 Å². The molecule has 74 valence electrons. The van der Waals surface area contributed by atoms with Gasteiger partial charge in [0.25, 0.3) is 0 Å². The Labute approximate surface area is 91.5 Å². The molecule has 0 aliphatic rings. The van der Waals surface area contributed by atoms with Crippen molar-refractivity contribution >= 4 is 15.9 Å². The molecule has 2 heterocycles. The van der Waals surface area contributed by atoms with Gasteiger partial charge < -0.3 is 4.57 Å². The molecule has 0 aromatic carbocycles. The maximum Gasteiger partial charge on any atom is 0.0739 e. The lowest BCUT2D eigenvalue weighted by Crippen LogP contribution is -2.04. The van der Waals surface area contributed by atoms with Crippen molar-refractivity contribution in [2.75, 3.05) is 0 Å². The summed E-state index contributed by atoms with van der Waals surface area (Å²) in [7, 11) is 1.97. The van der Waals surface area contributed by atoms with Gasteiger partial charge in [0.2, 0.25) is 0 Å². The highest BCUT2D eigenvalue weighted by atomic mass is 79.9. The van der Waals surface area contributed by atoms with Crippen molar-refractivity contribution in [1.29, 1.82) is 0 Å². The quantitative estimate of drug-likeness (QED) is 0.806. The minimum atomic E-state index is 0.852. The van der Waals surface area contributed by atoms with Crippen LogP contribution in [0.4, 0.5) is 0 Å². The predicted octanol–water partition coefficient (Wildman–Crippen LogP) is 2.34. The molecule has 0 radical (unpaired) electrons. The fourth-order valence-corrected chi connectivity index (χ4v) is 1.96. The maximum atomic E-state index is 4.35. The van der Waals surface area contributed by atoms with Crippen LogP contribution in [0.15, 0.2) is 29.0 Å².